The van der Waals surface area contributed by atoms with E-state index in [9.17, 15) is 18.0 Å². The molecule has 0 unspecified atom stereocenters. The monoisotopic (exact) mass is 416 g/mol. The number of fused-ring (bicyclic) bond motifs is 1. The maximum Gasteiger partial charge on any atom is 0.328 e. The summed E-state index contributed by atoms with van der Waals surface area (Å²) in [5, 5.41) is 2.75. The van der Waals surface area contributed by atoms with Gasteiger partial charge in [0.2, 0.25) is 15.9 Å². The minimum atomic E-state index is -3.60. The number of carbonyl (C=O) groups excluding carboxylic acids is 1. The molecule has 0 aliphatic rings. The fraction of sp³-hybridized carbons (Fsp3) is 0.300. The van der Waals surface area contributed by atoms with E-state index in [0.717, 1.165) is 15.3 Å². The van der Waals surface area contributed by atoms with E-state index < -0.39 is 10.0 Å². The van der Waals surface area contributed by atoms with Gasteiger partial charge in [-0.3, -0.25) is 13.9 Å². The maximum atomic E-state index is 12.4. The number of amides is 1. The third-order valence-electron chi connectivity index (χ3n) is 4.82. The molecule has 0 spiro atoms. The van der Waals surface area contributed by atoms with Crippen LogP contribution in [0.25, 0.3) is 11.0 Å². The molecule has 154 valence electrons. The number of benzene rings is 2. The van der Waals surface area contributed by atoms with Crippen molar-refractivity contribution in [3.8, 4) is 0 Å². The molecule has 1 N–H and O–H groups in total. The van der Waals surface area contributed by atoms with Gasteiger partial charge in [0.05, 0.1) is 15.9 Å². The second-order valence-corrected chi connectivity index (χ2v) is 9.02. The zero-order valence-corrected chi connectivity index (χ0v) is 17.4. The van der Waals surface area contributed by atoms with Gasteiger partial charge in [-0.05, 0) is 23.8 Å². The molecule has 1 aromatic heterocycles. The predicted molar refractivity (Wildman–Crippen MR) is 111 cm³/mol. The highest BCUT2D eigenvalue weighted by Gasteiger charge is 2.21. The SMILES string of the molecule is CN(C)S(=O)(=O)c1ccccc1CNC(=O)CCn1c(=O)n(C)c2ccccc21. The molecular weight excluding hydrogens is 392 g/mol. The topological polar surface area (TPSA) is 93.4 Å². The summed E-state index contributed by atoms with van der Waals surface area (Å²) in [6, 6.07) is 14.0. The van der Waals surface area contributed by atoms with E-state index in [2.05, 4.69) is 5.32 Å². The molecule has 0 saturated carbocycles. The van der Waals surface area contributed by atoms with E-state index in [1.165, 1.54) is 20.2 Å². The van der Waals surface area contributed by atoms with Crippen LogP contribution in [-0.4, -0.2) is 41.9 Å². The van der Waals surface area contributed by atoms with Crippen LogP contribution in [0, 0.1) is 0 Å². The van der Waals surface area contributed by atoms with Crippen molar-refractivity contribution in [2.75, 3.05) is 14.1 Å². The molecule has 0 aliphatic carbocycles. The molecule has 3 rings (SSSR count). The lowest BCUT2D eigenvalue weighted by molar-refractivity contribution is -0.121. The van der Waals surface area contributed by atoms with Crippen molar-refractivity contribution in [1.29, 1.82) is 0 Å². The predicted octanol–water partition coefficient (Wildman–Crippen LogP) is 1.30. The highest BCUT2D eigenvalue weighted by Crippen LogP contribution is 2.18. The number of hydrogen-bond acceptors (Lipinski definition) is 4. The van der Waals surface area contributed by atoms with Gasteiger partial charge in [-0.1, -0.05) is 30.3 Å². The van der Waals surface area contributed by atoms with Crippen molar-refractivity contribution >= 4 is 27.0 Å². The van der Waals surface area contributed by atoms with Gasteiger partial charge in [0.1, 0.15) is 0 Å². The third kappa shape index (κ3) is 4.10. The number of carbonyl (C=O) groups is 1. The molecule has 0 radical (unpaired) electrons. The van der Waals surface area contributed by atoms with E-state index in [4.69, 9.17) is 0 Å². The molecule has 9 heteroatoms. The van der Waals surface area contributed by atoms with Crippen LogP contribution in [0.4, 0.5) is 0 Å². The van der Waals surface area contributed by atoms with Gasteiger partial charge in [0, 0.05) is 40.7 Å². The van der Waals surface area contributed by atoms with Gasteiger partial charge in [-0.25, -0.2) is 17.5 Å². The molecule has 3 aromatic rings. The van der Waals surface area contributed by atoms with Crippen LogP contribution in [0.3, 0.4) is 0 Å². The second-order valence-electron chi connectivity index (χ2n) is 6.90. The van der Waals surface area contributed by atoms with Gasteiger partial charge >= 0.3 is 5.69 Å². The first-order valence-electron chi connectivity index (χ1n) is 9.15. The van der Waals surface area contributed by atoms with Crippen LogP contribution in [0.15, 0.2) is 58.2 Å². The lowest BCUT2D eigenvalue weighted by Crippen LogP contribution is -2.29. The number of aryl methyl sites for hydroxylation is 2. The Balaban J connectivity index is 1.70. The first-order chi connectivity index (χ1) is 13.7. The first-order valence-corrected chi connectivity index (χ1v) is 10.6. The quantitative estimate of drug-likeness (QED) is 0.628. The van der Waals surface area contributed by atoms with Gasteiger partial charge < -0.3 is 5.32 Å². The zero-order chi connectivity index (χ0) is 21.2. The molecule has 8 nitrogen and oxygen atoms in total. The molecule has 1 amide bonds. The summed E-state index contributed by atoms with van der Waals surface area (Å²) in [7, 11) is 1.02. The van der Waals surface area contributed by atoms with Gasteiger partial charge in [-0.15, -0.1) is 0 Å². The number of aromatic nitrogens is 2. The summed E-state index contributed by atoms with van der Waals surface area (Å²) in [6.07, 6.45) is 0.108. The third-order valence-corrected chi connectivity index (χ3v) is 6.74. The van der Waals surface area contributed by atoms with E-state index in [1.54, 1.807) is 34.4 Å². The van der Waals surface area contributed by atoms with Crippen LogP contribution >= 0.6 is 0 Å². The Morgan fingerprint density at radius 1 is 1.03 bits per heavy atom. The van der Waals surface area contributed by atoms with Crippen molar-refractivity contribution in [2.45, 2.75) is 24.4 Å². The van der Waals surface area contributed by atoms with Crippen LogP contribution < -0.4 is 11.0 Å². The molecule has 0 saturated heterocycles. The average molecular weight is 417 g/mol. The maximum absolute atomic E-state index is 12.4. The summed E-state index contributed by atoms with van der Waals surface area (Å²) < 4.78 is 29.2. The Labute approximate surface area is 169 Å². The Bertz CT molecular complexity index is 1210. The fourth-order valence-electron chi connectivity index (χ4n) is 3.17. The summed E-state index contributed by atoms with van der Waals surface area (Å²) >= 11 is 0. The minimum absolute atomic E-state index is 0.0898. The Hall–Kier alpha value is -2.91. The number of para-hydroxylation sites is 2. The van der Waals surface area contributed by atoms with Crippen molar-refractivity contribution in [3.05, 3.63) is 64.6 Å². The Morgan fingerprint density at radius 3 is 2.34 bits per heavy atom. The lowest BCUT2D eigenvalue weighted by Gasteiger charge is -2.15. The average Bonchev–Trinajstić information content (AvgIpc) is 2.95. The Kier molecular flexibility index (Phi) is 5.90. The largest absolute Gasteiger partial charge is 0.352 e. The van der Waals surface area contributed by atoms with E-state index in [1.807, 2.05) is 24.3 Å². The molecule has 0 aliphatic heterocycles. The lowest BCUT2D eigenvalue weighted by atomic mass is 10.2. The number of sulfonamides is 1. The molecule has 1 heterocycles. The first kappa shape index (κ1) is 20.8. The molecule has 0 bridgehead atoms. The van der Waals surface area contributed by atoms with Crippen molar-refractivity contribution in [1.82, 2.24) is 18.8 Å². The molecule has 0 fully saturated rings. The molecule has 0 atom stereocenters. The van der Waals surface area contributed by atoms with Crippen molar-refractivity contribution in [2.24, 2.45) is 7.05 Å². The number of nitrogens with zero attached hydrogens (tertiary/aromatic N) is 3. The highest BCUT2D eigenvalue weighted by atomic mass is 32.2. The summed E-state index contributed by atoms with van der Waals surface area (Å²) in [4.78, 5) is 24.9. The second kappa shape index (κ2) is 8.22. The van der Waals surface area contributed by atoms with Crippen LogP contribution in [0.2, 0.25) is 0 Å². The molecule has 2 aromatic carbocycles. The van der Waals surface area contributed by atoms with Crippen molar-refractivity contribution in [3.63, 3.8) is 0 Å². The van der Waals surface area contributed by atoms with Gasteiger partial charge in [0.15, 0.2) is 0 Å². The number of imidazole rings is 1. The zero-order valence-electron chi connectivity index (χ0n) is 16.6. The van der Waals surface area contributed by atoms with Crippen LogP contribution in [0.5, 0.6) is 0 Å². The number of nitrogens with one attached hydrogen (secondary N) is 1. The minimum Gasteiger partial charge on any atom is -0.352 e. The smallest absolute Gasteiger partial charge is 0.328 e. The van der Waals surface area contributed by atoms with Crippen LogP contribution in [-0.2, 0) is 35.0 Å². The molecule has 29 heavy (non-hydrogen) atoms. The van der Waals surface area contributed by atoms with E-state index in [0.29, 0.717) is 5.56 Å². The summed E-state index contributed by atoms with van der Waals surface area (Å²) in [5.41, 5.74) is 1.91. The molecular formula is C20H24N4O4S. The van der Waals surface area contributed by atoms with Crippen LogP contribution in [0.1, 0.15) is 12.0 Å². The standard InChI is InChI=1S/C20H24N4O4S/c1-22(2)29(27,28)18-11-7-4-8-15(18)14-21-19(25)12-13-24-17-10-6-5-9-16(17)23(3)20(24)26/h4-11H,12-14H2,1-3H3,(H,21,25). The van der Waals surface area contributed by atoms with E-state index >= 15 is 0 Å². The number of hydrogen-bond donors (Lipinski definition) is 1. The summed E-state index contributed by atoms with van der Waals surface area (Å²) in [5.74, 6) is -0.262. The van der Waals surface area contributed by atoms with Crippen molar-refractivity contribution < 1.29 is 13.2 Å². The Morgan fingerprint density at radius 2 is 1.66 bits per heavy atom. The van der Waals surface area contributed by atoms with Gasteiger partial charge in [0.25, 0.3) is 0 Å². The van der Waals surface area contributed by atoms with E-state index in [-0.39, 0.29) is 36.0 Å². The number of rotatable bonds is 7. The van der Waals surface area contributed by atoms with Gasteiger partial charge in [-0.2, -0.15) is 0 Å². The fourth-order valence-corrected chi connectivity index (χ4v) is 4.29. The normalized spacial score (nSPS) is 11.9. The summed E-state index contributed by atoms with van der Waals surface area (Å²) in [6.45, 7) is 0.330. The highest BCUT2D eigenvalue weighted by molar-refractivity contribution is 7.89.